The first kappa shape index (κ1) is 11.9. The van der Waals surface area contributed by atoms with E-state index >= 15 is 0 Å². The first-order valence-corrected chi connectivity index (χ1v) is 5.72. The van der Waals surface area contributed by atoms with E-state index in [0.717, 1.165) is 12.2 Å². The number of carbonyl (C=O) groups excluding carboxylic acids is 1. The topological polar surface area (TPSA) is 32.8 Å². The van der Waals surface area contributed by atoms with E-state index in [-0.39, 0.29) is 11.5 Å². The maximum absolute atomic E-state index is 11.8. The molecule has 1 atom stereocenters. The predicted octanol–water partition coefficient (Wildman–Crippen LogP) is 1.99. The van der Waals surface area contributed by atoms with Crippen molar-refractivity contribution in [3.8, 4) is 0 Å². The van der Waals surface area contributed by atoms with Gasteiger partial charge in [-0.15, -0.1) is 0 Å². The summed E-state index contributed by atoms with van der Waals surface area (Å²) < 4.78 is 5.33. The molecule has 0 saturated carbocycles. The molecule has 1 aliphatic rings. The van der Waals surface area contributed by atoms with Gasteiger partial charge in [0.2, 0.25) is 5.91 Å². The first-order valence-electron chi connectivity index (χ1n) is 5.72. The highest BCUT2D eigenvalue weighted by molar-refractivity contribution is 5.87. The minimum Gasteiger partial charge on any atom is -0.368 e. The summed E-state index contributed by atoms with van der Waals surface area (Å²) in [5.41, 5.74) is 0.958. The number of hydrogen-bond acceptors (Lipinski definition) is 2. The summed E-state index contributed by atoms with van der Waals surface area (Å²) in [6, 6.07) is 9.94. The van der Waals surface area contributed by atoms with E-state index in [1.54, 1.807) is 4.90 Å². The molecule has 0 radical (unpaired) electrons. The number of ether oxygens (including phenoxy) is 1. The van der Waals surface area contributed by atoms with Gasteiger partial charge in [0.25, 0.3) is 0 Å². The van der Waals surface area contributed by atoms with Crippen molar-refractivity contribution < 1.29 is 9.53 Å². The third-order valence-corrected chi connectivity index (χ3v) is 2.87. The van der Waals surface area contributed by atoms with Crippen molar-refractivity contribution in [2.24, 2.45) is 0 Å². The molecule has 3 nitrogen and oxygen atoms in total. The molecule has 1 aromatic rings. The molecule has 1 aromatic carbocycles. The van der Waals surface area contributed by atoms with E-state index in [9.17, 15) is 4.79 Å². The molecule has 0 bridgehead atoms. The van der Waals surface area contributed by atoms with Crippen molar-refractivity contribution in [3.63, 3.8) is 0 Å². The summed E-state index contributed by atoms with van der Waals surface area (Å²) in [6.45, 7) is 7.50. The second-order valence-electron chi connectivity index (χ2n) is 4.62. The molecule has 0 aliphatic carbocycles. The molecule has 1 unspecified atom stereocenters. The molecule has 2 rings (SSSR count). The van der Waals surface area contributed by atoms with Gasteiger partial charge in [0.15, 0.2) is 0 Å². The number of hydrogen-bond donors (Lipinski definition) is 0. The Bertz CT molecular complexity index is 409. The fourth-order valence-electron chi connectivity index (χ4n) is 1.76. The molecule has 1 saturated heterocycles. The molecule has 0 spiro atoms. The van der Waals surface area contributed by atoms with Crippen LogP contribution in [0.5, 0.6) is 0 Å². The van der Waals surface area contributed by atoms with Gasteiger partial charge in [-0.3, -0.25) is 4.79 Å². The highest BCUT2D eigenvalue weighted by Gasteiger charge is 2.41. The minimum absolute atomic E-state index is 0.0504. The van der Waals surface area contributed by atoms with Crippen molar-refractivity contribution in [2.75, 3.05) is 13.2 Å². The van der Waals surface area contributed by atoms with E-state index in [1.807, 2.05) is 37.3 Å². The number of nitrogens with zero attached hydrogens (tertiary/aromatic N) is 1. The third kappa shape index (κ3) is 3.17. The normalized spacial score (nSPS) is 21.9. The van der Waals surface area contributed by atoms with Crippen molar-refractivity contribution in [1.82, 2.24) is 4.90 Å². The van der Waals surface area contributed by atoms with Crippen LogP contribution >= 0.6 is 0 Å². The number of carbonyl (C=O) groups is 1. The molecule has 0 N–H and O–H groups in total. The van der Waals surface area contributed by atoms with Crippen LogP contribution in [0, 0.1) is 0 Å². The zero-order valence-electron chi connectivity index (χ0n) is 10.1. The quantitative estimate of drug-likeness (QED) is 0.573. The average Bonchev–Trinajstić information content (AvgIpc) is 3.06. The van der Waals surface area contributed by atoms with Gasteiger partial charge in [0.1, 0.15) is 5.60 Å². The number of amides is 1. The monoisotopic (exact) mass is 231 g/mol. The van der Waals surface area contributed by atoms with Gasteiger partial charge in [0, 0.05) is 6.54 Å². The summed E-state index contributed by atoms with van der Waals surface area (Å²) in [5, 5.41) is 0. The lowest BCUT2D eigenvalue weighted by molar-refractivity contribution is -0.127. The summed E-state index contributed by atoms with van der Waals surface area (Å²) in [4.78, 5) is 13.5. The van der Waals surface area contributed by atoms with E-state index in [2.05, 4.69) is 6.58 Å². The Balaban J connectivity index is 2.05. The van der Waals surface area contributed by atoms with Crippen molar-refractivity contribution in [2.45, 2.75) is 19.1 Å². The lowest BCUT2D eigenvalue weighted by Crippen LogP contribution is -2.36. The fraction of sp³-hybridized carbons (Fsp3) is 0.357. The van der Waals surface area contributed by atoms with Crippen LogP contribution in [0.1, 0.15) is 12.5 Å². The minimum atomic E-state index is -0.159. The van der Waals surface area contributed by atoms with Crippen LogP contribution in [0.15, 0.2) is 43.0 Å². The average molecular weight is 231 g/mol. The smallest absolute Gasteiger partial charge is 0.246 e. The Morgan fingerprint density at radius 2 is 2.18 bits per heavy atom. The van der Waals surface area contributed by atoms with E-state index in [0.29, 0.717) is 13.1 Å². The van der Waals surface area contributed by atoms with Gasteiger partial charge in [-0.05, 0) is 18.6 Å². The van der Waals surface area contributed by atoms with Crippen LogP contribution in [-0.4, -0.2) is 29.6 Å². The van der Waals surface area contributed by atoms with Crippen LogP contribution in [0.25, 0.3) is 0 Å². The largest absolute Gasteiger partial charge is 0.368 e. The molecule has 17 heavy (non-hydrogen) atoms. The van der Waals surface area contributed by atoms with Crippen molar-refractivity contribution in [1.29, 1.82) is 0 Å². The van der Waals surface area contributed by atoms with E-state index < -0.39 is 0 Å². The predicted molar refractivity (Wildman–Crippen MR) is 66.4 cm³/mol. The van der Waals surface area contributed by atoms with Gasteiger partial charge in [-0.25, -0.2) is 0 Å². The number of epoxide rings is 1. The second kappa shape index (κ2) is 4.72. The molecule has 3 heteroatoms. The third-order valence-electron chi connectivity index (χ3n) is 2.87. The van der Waals surface area contributed by atoms with Crippen LogP contribution in [0.3, 0.4) is 0 Å². The number of benzene rings is 1. The van der Waals surface area contributed by atoms with Crippen LogP contribution in [0.4, 0.5) is 0 Å². The molecule has 1 amide bonds. The summed E-state index contributed by atoms with van der Waals surface area (Å²) >= 11 is 0. The zero-order valence-corrected chi connectivity index (χ0v) is 10.1. The van der Waals surface area contributed by atoms with Gasteiger partial charge in [-0.1, -0.05) is 36.9 Å². The van der Waals surface area contributed by atoms with Gasteiger partial charge in [-0.2, -0.15) is 0 Å². The fourth-order valence-corrected chi connectivity index (χ4v) is 1.76. The Labute approximate surface area is 102 Å². The zero-order chi connectivity index (χ0) is 12.3. The molecule has 1 heterocycles. The van der Waals surface area contributed by atoms with Crippen LogP contribution in [0.2, 0.25) is 0 Å². The van der Waals surface area contributed by atoms with Crippen molar-refractivity contribution >= 4 is 5.91 Å². The van der Waals surface area contributed by atoms with Crippen molar-refractivity contribution in [3.05, 3.63) is 48.6 Å². The molecular formula is C14H17NO2. The molecular weight excluding hydrogens is 214 g/mol. The van der Waals surface area contributed by atoms with Gasteiger partial charge < -0.3 is 9.64 Å². The lowest BCUT2D eigenvalue weighted by Gasteiger charge is -2.23. The number of rotatable bonds is 5. The van der Waals surface area contributed by atoms with Crippen LogP contribution in [-0.2, 0) is 16.1 Å². The summed E-state index contributed by atoms with van der Waals surface area (Å²) in [5.74, 6) is -0.0504. The maximum Gasteiger partial charge on any atom is 0.246 e. The summed E-state index contributed by atoms with van der Waals surface area (Å²) in [6.07, 6.45) is 1.36. The Morgan fingerprint density at radius 1 is 1.53 bits per heavy atom. The highest BCUT2D eigenvalue weighted by Crippen LogP contribution is 2.27. The van der Waals surface area contributed by atoms with E-state index in [1.165, 1.54) is 6.08 Å². The molecule has 0 aromatic heterocycles. The lowest BCUT2D eigenvalue weighted by atomic mass is 10.1. The standard InChI is InChI=1S/C14H17NO2/c1-3-13(16)15(10-14(2)11-17-14)9-12-7-5-4-6-8-12/h3-8H,1,9-11H2,2H3. The Morgan fingerprint density at radius 3 is 2.71 bits per heavy atom. The first-order chi connectivity index (χ1) is 8.13. The SMILES string of the molecule is C=CC(=O)N(Cc1ccccc1)CC1(C)CO1. The molecule has 1 fully saturated rings. The van der Waals surface area contributed by atoms with Crippen LogP contribution < -0.4 is 0 Å². The van der Waals surface area contributed by atoms with E-state index in [4.69, 9.17) is 4.74 Å². The Hall–Kier alpha value is -1.61. The maximum atomic E-state index is 11.8. The summed E-state index contributed by atoms with van der Waals surface area (Å²) in [7, 11) is 0. The second-order valence-corrected chi connectivity index (χ2v) is 4.62. The Kier molecular flexibility index (Phi) is 3.29. The molecule has 90 valence electrons. The molecule has 1 aliphatic heterocycles. The van der Waals surface area contributed by atoms with Gasteiger partial charge in [0.05, 0.1) is 13.2 Å². The highest BCUT2D eigenvalue weighted by atomic mass is 16.6. The van der Waals surface area contributed by atoms with Gasteiger partial charge >= 0.3 is 0 Å².